The van der Waals surface area contributed by atoms with Crippen LogP contribution in [0.2, 0.25) is 5.28 Å². The number of benzene rings is 1. The highest BCUT2D eigenvalue weighted by atomic mass is 35.5. The molecule has 0 saturated carbocycles. The number of hydrogen-bond donors (Lipinski definition) is 1. The Morgan fingerprint density at radius 2 is 2.00 bits per heavy atom. The van der Waals surface area contributed by atoms with Crippen LogP contribution in [0.15, 0.2) is 48.7 Å². The zero-order chi connectivity index (χ0) is 11.8. The molecule has 0 fully saturated rings. The van der Waals surface area contributed by atoms with Crippen LogP contribution in [0.3, 0.4) is 0 Å². The van der Waals surface area contributed by atoms with Crippen molar-refractivity contribution in [3.63, 3.8) is 0 Å². The smallest absolute Gasteiger partial charge is 0.244 e. The van der Waals surface area contributed by atoms with Crippen molar-refractivity contribution in [3.05, 3.63) is 59.5 Å². The van der Waals surface area contributed by atoms with Crippen LogP contribution >= 0.6 is 11.6 Å². The minimum Gasteiger partial charge on any atom is -0.325 e. The Bertz CT molecular complexity index is 613. The Morgan fingerprint density at radius 3 is 2.76 bits per heavy atom. The molecule has 17 heavy (non-hydrogen) atoms. The Hall–Kier alpha value is -2.07. The van der Waals surface area contributed by atoms with Gasteiger partial charge in [0.15, 0.2) is 0 Å². The average Bonchev–Trinajstić information content (AvgIpc) is 2.69. The fraction of sp³-hybridized carbons (Fsp3) is 0. The maximum atomic E-state index is 5.81. The van der Waals surface area contributed by atoms with Crippen molar-refractivity contribution in [2.24, 2.45) is 0 Å². The third kappa shape index (κ3) is 1.72. The summed E-state index contributed by atoms with van der Waals surface area (Å²) in [5.74, 6) is 0.585. The lowest BCUT2D eigenvalue weighted by atomic mass is 10.1. The lowest BCUT2D eigenvalue weighted by molar-refractivity contribution is 0.897. The molecular formula is C12H9ClN4. The molecule has 1 aromatic carbocycles. The maximum absolute atomic E-state index is 5.81. The van der Waals surface area contributed by atoms with Crippen LogP contribution in [-0.4, -0.2) is 14.8 Å². The Balaban J connectivity index is 2.18. The summed E-state index contributed by atoms with van der Waals surface area (Å²) in [6.07, 6.45) is 1.91. The van der Waals surface area contributed by atoms with Gasteiger partial charge in [0.2, 0.25) is 11.2 Å². The summed E-state index contributed by atoms with van der Waals surface area (Å²) in [5, 5.41) is 7.37. The molecule has 1 aliphatic heterocycles. The molecule has 0 spiro atoms. The highest BCUT2D eigenvalue weighted by Gasteiger charge is 2.18. The van der Waals surface area contributed by atoms with Gasteiger partial charge in [0, 0.05) is 11.3 Å². The molecule has 2 aromatic rings. The molecule has 0 amide bonds. The number of fused-ring (bicyclic) bond motifs is 1. The molecule has 1 aliphatic rings. The number of aromatic nitrogens is 3. The van der Waals surface area contributed by atoms with Crippen molar-refractivity contribution < 1.29 is 0 Å². The number of nitrogens with one attached hydrogen (secondary N) is 1. The summed E-state index contributed by atoms with van der Waals surface area (Å²) in [7, 11) is 0. The standard InChI is InChI=1S/C12H9ClN4/c1-8-7-10(9-5-3-2-4-6-9)17-12(14-8)15-11(13)16-17/h2-7H,1H2,(H,14,15,16). The predicted octanol–water partition coefficient (Wildman–Crippen LogP) is 2.76. The summed E-state index contributed by atoms with van der Waals surface area (Å²) >= 11 is 5.81. The molecule has 1 N–H and O–H groups in total. The molecule has 2 heterocycles. The Labute approximate surface area is 103 Å². The van der Waals surface area contributed by atoms with Crippen molar-refractivity contribution in [1.29, 1.82) is 0 Å². The summed E-state index contributed by atoms with van der Waals surface area (Å²) in [6, 6.07) is 9.92. The first-order valence-corrected chi connectivity index (χ1v) is 5.48. The zero-order valence-corrected chi connectivity index (χ0v) is 9.65. The molecule has 0 atom stereocenters. The van der Waals surface area contributed by atoms with E-state index >= 15 is 0 Å². The van der Waals surface area contributed by atoms with Gasteiger partial charge in [-0.1, -0.05) is 36.9 Å². The van der Waals surface area contributed by atoms with Gasteiger partial charge < -0.3 is 5.32 Å². The van der Waals surface area contributed by atoms with E-state index in [0.717, 1.165) is 17.0 Å². The quantitative estimate of drug-likeness (QED) is 0.839. The highest BCUT2D eigenvalue weighted by molar-refractivity contribution is 6.28. The second kappa shape index (κ2) is 3.75. The molecule has 5 heteroatoms. The lowest BCUT2D eigenvalue weighted by Crippen LogP contribution is -2.13. The van der Waals surface area contributed by atoms with Crippen molar-refractivity contribution >= 4 is 23.2 Å². The fourth-order valence-electron chi connectivity index (χ4n) is 1.76. The van der Waals surface area contributed by atoms with Crippen molar-refractivity contribution in [2.75, 3.05) is 5.32 Å². The minimum absolute atomic E-state index is 0.212. The van der Waals surface area contributed by atoms with E-state index in [4.69, 9.17) is 11.6 Å². The first kappa shape index (κ1) is 10.1. The van der Waals surface area contributed by atoms with E-state index in [1.54, 1.807) is 4.68 Å². The van der Waals surface area contributed by atoms with Crippen molar-refractivity contribution in [3.8, 4) is 0 Å². The summed E-state index contributed by atoms with van der Waals surface area (Å²) < 4.78 is 1.67. The van der Waals surface area contributed by atoms with E-state index in [1.807, 2.05) is 36.4 Å². The molecule has 1 aromatic heterocycles. The molecule has 0 aliphatic carbocycles. The zero-order valence-electron chi connectivity index (χ0n) is 8.89. The first-order chi connectivity index (χ1) is 8.24. The van der Waals surface area contributed by atoms with Crippen molar-refractivity contribution in [1.82, 2.24) is 14.8 Å². The Kier molecular flexibility index (Phi) is 2.23. The molecule has 0 saturated heterocycles. The van der Waals surface area contributed by atoms with Gasteiger partial charge >= 0.3 is 0 Å². The first-order valence-electron chi connectivity index (χ1n) is 5.10. The van der Waals surface area contributed by atoms with Crippen LogP contribution in [0.4, 0.5) is 5.95 Å². The summed E-state index contributed by atoms with van der Waals surface area (Å²) in [6.45, 7) is 3.89. The van der Waals surface area contributed by atoms with Crippen LogP contribution in [-0.2, 0) is 0 Å². The van der Waals surface area contributed by atoms with Gasteiger partial charge in [-0.15, -0.1) is 5.10 Å². The van der Waals surface area contributed by atoms with Crippen molar-refractivity contribution in [2.45, 2.75) is 0 Å². The second-order valence-corrected chi connectivity index (χ2v) is 4.00. The number of hydrogen-bond acceptors (Lipinski definition) is 3. The van der Waals surface area contributed by atoms with E-state index in [2.05, 4.69) is 22.0 Å². The van der Waals surface area contributed by atoms with Gasteiger partial charge in [0.1, 0.15) is 0 Å². The molecule has 4 nitrogen and oxygen atoms in total. The van der Waals surface area contributed by atoms with Gasteiger partial charge in [-0.2, -0.15) is 9.67 Å². The number of allylic oxidation sites excluding steroid dienone is 1. The van der Waals surface area contributed by atoms with E-state index < -0.39 is 0 Å². The molecule has 84 valence electrons. The predicted molar refractivity (Wildman–Crippen MR) is 67.6 cm³/mol. The highest BCUT2D eigenvalue weighted by Crippen LogP contribution is 2.27. The monoisotopic (exact) mass is 244 g/mol. The van der Waals surface area contributed by atoms with Gasteiger partial charge in [-0.3, -0.25) is 0 Å². The molecule has 0 bridgehead atoms. The largest absolute Gasteiger partial charge is 0.325 e. The summed E-state index contributed by atoms with van der Waals surface area (Å²) in [4.78, 5) is 4.08. The van der Waals surface area contributed by atoms with E-state index in [-0.39, 0.29) is 5.28 Å². The Morgan fingerprint density at radius 1 is 1.24 bits per heavy atom. The SMILES string of the molecule is C=C1C=C(c2ccccc2)n2nc(Cl)nc2N1. The normalized spacial score (nSPS) is 13.9. The number of anilines is 1. The minimum atomic E-state index is 0.212. The van der Waals surface area contributed by atoms with E-state index in [0.29, 0.717) is 5.95 Å². The lowest BCUT2D eigenvalue weighted by Gasteiger charge is -2.17. The van der Waals surface area contributed by atoms with Crippen LogP contribution in [0.25, 0.3) is 5.70 Å². The maximum Gasteiger partial charge on any atom is 0.244 e. The van der Waals surface area contributed by atoms with Crippen LogP contribution < -0.4 is 5.32 Å². The van der Waals surface area contributed by atoms with E-state index in [1.165, 1.54) is 0 Å². The van der Waals surface area contributed by atoms with Gasteiger partial charge in [-0.05, 0) is 17.7 Å². The molecule has 3 rings (SSSR count). The van der Waals surface area contributed by atoms with E-state index in [9.17, 15) is 0 Å². The number of nitrogens with zero attached hydrogens (tertiary/aromatic N) is 3. The van der Waals surface area contributed by atoms with Gasteiger partial charge in [0.05, 0.1) is 5.70 Å². The van der Waals surface area contributed by atoms with Crippen LogP contribution in [0, 0.1) is 0 Å². The number of halogens is 1. The fourth-order valence-corrected chi connectivity index (χ4v) is 1.91. The molecule has 0 unspecified atom stereocenters. The molecule has 0 radical (unpaired) electrons. The molecular weight excluding hydrogens is 236 g/mol. The third-order valence-electron chi connectivity index (χ3n) is 2.46. The van der Waals surface area contributed by atoms with Gasteiger partial charge in [-0.25, -0.2) is 0 Å². The van der Waals surface area contributed by atoms with Crippen LogP contribution in [0.1, 0.15) is 5.56 Å². The summed E-state index contributed by atoms with van der Waals surface area (Å²) in [5.41, 5.74) is 2.71. The number of rotatable bonds is 1. The average molecular weight is 245 g/mol. The second-order valence-electron chi connectivity index (χ2n) is 3.66. The van der Waals surface area contributed by atoms with Gasteiger partial charge in [0.25, 0.3) is 0 Å². The topological polar surface area (TPSA) is 42.7 Å². The van der Waals surface area contributed by atoms with Crippen LogP contribution in [0.5, 0.6) is 0 Å². The third-order valence-corrected chi connectivity index (χ3v) is 2.62.